The van der Waals surface area contributed by atoms with Crippen LogP contribution in [-0.2, 0) is 14.3 Å². The quantitative estimate of drug-likeness (QED) is 0.679. The van der Waals surface area contributed by atoms with Crippen molar-refractivity contribution in [3.63, 3.8) is 0 Å². The summed E-state index contributed by atoms with van der Waals surface area (Å²) in [7, 11) is 3.10. The SMILES string of the molecule is CCOCCCNC(=O)[C@@]1(C)CCC(=O)N1c1ccc(OC)cc1OC. The van der Waals surface area contributed by atoms with Crippen LogP contribution in [0.25, 0.3) is 0 Å². The van der Waals surface area contributed by atoms with Gasteiger partial charge in [0.25, 0.3) is 0 Å². The molecule has 2 amide bonds. The molecule has 7 heteroatoms. The van der Waals surface area contributed by atoms with Gasteiger partial charge in [-0.1, -0.05) is 0 Å². The number of carbonyl (C=O) groups is 2. The number of anilines is 1. The number of benzene rings is 1. The highest BCUT2D eigenvalue weighted by atomic mass is 16.5. The lowest BCUT2D eigenvalue weighted by Crippen LogP contribution is -2.55. The molecule has 144 valence electrons. The molecule has 0 radical (unpaired) electrons. The predicted octanol–water partition coefficient (Wildman–Crippen LogP) is 2.13. The van der Waals surface area contributed by atoms with Crippen molar-refractivity contribution >= 4 is 17.5 Å². The van der Waals surface area contributed by atoms with Gasteiger partial charge in [-0.2, -0.15) is 0 Å². The van der Waals surface area contributed by atoms with E-state index in [0.717, 1.165) is 6.42 Å². The Morgan fingerprint density at radius 2 is 2.08 bits per heavy atom. The third kappa shape index (κ3) is 4.09. The molecule has 0 bridgehead atoms. The lowest BCUT2D eigenvalue weighted by Gasteiger charge is -2.34. The Labute approximate surface area is 154 Å². The normalized spacial score (nSPS) is 19.5. The number of hydrogen-bond donors (Lipinski definition) is 1. The van der Waals surface area contributed by atoms with Gasteiger partial charge >= 0.3 is 0 Å². The van der Waals surface area contributed by atoms with Crippen LogP contribution in [0, 0.1) is 0 Å². The van der Waals surface area contributed by atoms with Crippen LogP contribution in [-0.4, -0.2) is 51.3 Å². The molecule has 2 rings (SSSR count). The molecule has 7 nitrogen and oxygen atoms in total. The molecular weight excluding hydrogens is 336 g/mol. The van der Waals surface area contributed by atoms with E-state index in [0.29, 0.717) is 49.8 Å². The summed E-state index contributed by atoms with van der Waals surface area (Å²) in [6.45, 7) is 5.49. The van der Waals surface area contributed by atoms with Crippen LogP contribution in [0.15, 0.2) is 18.2 Å². The fourth-order valence-electron chi connectivity index (χ4n) is 3.14. The van der Waals surface area contributed by atoms with Crippen LogP contribution in [0.3, 0.4) is 0 Å². The van der Waals surface area contributed by atoms with E-state index in [1.807, 2.05) is 6.92 Å². The van der Waals surface area contributed by atoms with E-state index in [-0.39, 0.29) is 11.8 Å². The highest BCUT2D eigenvalue weighted by Gasteiger charge is 2.48. The molecule has 0 unspecified atom stereocenters. The lowest BCUT2D eigenvalue weighted by atomic mass is 9.96. The monoisotopic (exact) mass is 364 g/mol. The van der Waals surface area contributed by atoms with Crippen LogP contribution >= 0.6 is 0 Å². The average molecular weight is 364 g/mol. The molecule has 1 N–H and O–H groups in total. The molecular formula is C19H28N2O5. The highest BCUT2D eigenvalue weighted by molar-refractivity contribution is 6.07. The molecule has 1 aliphatic heterocycles. The minimum Gasteiger partial charge on any atom is -0.497 e. The van der Waals surface area contributed by atoms with E-state index in [1.54, 1.807) is 37.1 Å². The van der Waals surface area contributed by atoms with Gasteiger partial charge in [0.1, 0.15) is 17.0 Å². The molecule has 0 aliphatic carbocycles. The van der Waals surface area contributed by atoms with Crippen molar-refractivity contribution in [1.82, 2.24) is 5.32 Å². The molecule has 1 aromatic rings. The molecule has 0 aromatic heterocycles. The first-order valence-electron chi connectivity index (χ1n) is 8.89. The van der Waals surface area contributed by atoms with E-state index in [9.17, 15) is 9.59 Å². The topological polar surface area (TPSA) is 77.1 Å². The fraction of sp³-hybridized carbons (Fsp3) is 0.579. The predicted molar refractivity (Wildman–Crippen MR) is 98.8 cm³/mol. The first-order chi connectivity index (χ1) is 12.5. The molecule has 1 heterocycles. The Kier molecular flexibility index (Phi) is 6.85. The lowest BCUT2D eigenvalue weighted by molar-refractivity contribution is -0.127. The minimum atomic E-state index is -0.954. The zero-order valence-electron chi connectivity index (χ0n) is 16.0. The average Bonchev–Trinajstić information content (AvgIpc) is 2.96. The van der Waals surface area contributed by atoms with Crippen LogP contribution in [0.5, 0.6) is 11.5 Å². The van der Waals surface area contributed by atoms with Crippen molar-refractivity contribution in [3.8, 4) is 11.5 Å². The Morgan fingerprint density at radius 3 is 2.73 bits per heavy atom. The van der Waals surface area contributed by atoms with Gasteiger partial charge in [0.15, 0.2) is 0 Å². The van der Waals surface area contributed by atoms with E-state index in [4.69, 9.17) is 14.2 Å². The Bertz CT molecular complexity index is 649. The van der Waals surface area contributed by atoms with Crippen molar-refractivity contribution < 1.29 is 23.8 Å². The summed E-state index contributed by atoms with van der Waals surface area (Å²) in [6.07, 6.45) is 1.51. The van der Waals surface area contributed by atoms with E-state index in [1.165, 1.54) is 7.11 Å². The molecule has 0 spiro atoms. The third-order valence-corrected chi connectivity index (χ3v) is 4.64. The van der Waals surface area contributed by atoms with Crippen molar-refractivity contribution in [2.75, 3.05) is 38.9 Å². The van der Waals surface area contributed by atoms with Crippen molar-refractivity contribution in [2.45, 2.75) is 38.6 Å². The first-order valence-corrected chi connectivity index (χ1v) is 8.89. The summed E-state index contributed by atoms with van der Waals surface area (Å²) in [5.74, 6) is 0.854. The van der Waals surface area contributed by atoms with E-state index < -0.39 is 5.54 Å². The Morgan fingerprint density at radius 1 is 1.31 bits per heavy atom. The minimum absolute atomic E-state index is 0.0968. The second-order valence-electron chi connectivity index (χ2n) is 6.35. The van der Waals surface area contributed by atoms with Crippen LogP contribution in [0.2, 0.25) is 0 Å². The molecule has 1 fully saturated rings. The van der Waals surface area contributed by atoms with Gasteiger partial charge in [0, 0.05) is 32.2 Å². The van der Waals surface area contributed by atoms with Gasteiger partial charge in [-0.25, -0.2) is 0 Å². The van der Waals surface area contributed by atoms with Crippen LogP contribution in [0.1, 0.15) is 33.1 Å². The zero-order valence-corrected chi connectivity index (χ0v) is 16.0. The van der Waals surface area contributed by atoms with Gasteiger partial charge in [-0.3, -0.25) is 14.5 Å². The number of rotatable bonds is 9. The number of nitrogens with zero attached hydrogens (tertiary/aromatic N) is 1. The number of carbonyl (C=O) groups excluding carboxylic acids is 2. The summed E-state index contributed by atoms with van der Waals surface area (Å²) in [5.41, 5.74) is -0.382. The standard InChI is InChI=1S/C19H28N2O5/c1-5-26-12-6-11-20-18(23)19(2)10-9-17(22)21(19)15-8-7-14(24-3)13-16(15)25-4/h7-8,13H,5-6,9-12H2,1-4H3,(H,20,23)/t19-/m1/s1. The Balaban J connectivity index is 2.20. The molecule has 1 aromatic carbocycles. The smallest absolute Gasteiger partial charge is 0.246 e. The second kappa shape index (κ2) is 8.89. The van der Waals surface area contributed by atoms with E-state index >= 15 is 0 Å². The largest absolute Gasteiger partial charge is 0.497 e. The maximum Gasteiger partial charge on any atom is 0.246 e. The van der Waals surface area contributed by atoms with Crippen molar-refractivity contribution in [1.29, 1.82) is 0 Å². The molecule has 0 saturated carbocycles. The maximum absolute atomic E-state index is 12.8. The number of hydrogen-bond acceptors (Lipinski definition) is 5. The van der Waals surface area contributed by atoms with Gasteiger partial charge in [0.05, 0.1) is 19.9 Å². The summed E-state index contributed by atoms with van der Waals surface area (Å²) in [4.78, 5) is 27.0. The molecule has 1 aliphatic rings. The van der Waals surface area contributed by atoms with E-state index in [2.05, 4.69) is 5.32 Å². The van der Waals surface area contributed by atoms with Gasteiger partial charge in [-0.15, -0.1) is 0 Å². The van der Waals surface area contributed by atoms with Gasteiger partial charge in [-0.05, 0) is 38.8 Å². The number of ether oxygens (including phenoxy) is 3. The van der Waals surface area contributed by atoms with Gasteiger partial charge < -0.3 is 19.5 Å². The van der Waals surface area contributed by atoms with Crippen LogP contribution in [0.4, 0.5) is 5.69 Å². The maximum atomic E-state index is 12.8. The third-order valence-electron chi connectivity index (χ3n) is 4.64. The number of nitrogens with one attached hydrogen (secondary N) is 1. The molecule has 1 saturated heterocycles. The van der Waals surface area contributed by atoms with Crippen molar-refractivity contribution in [2.24, 2.45) is 0 Å². The Hall–Kier alpha value is -2.28. The van der Waals surface area contributed by atoms with Crippen LogP contribution < -0.4 is 19.7 Å². The molecule has 26 heavy (non-hydrogen) atoms. The first kappa shape index (κ1) is 20.0. The fourth-order valence-corrected chi connectivity index (χ4v) is 3.14. The number of amides is 2. The number of methoxy groups -OCH3 is 2. The summed E-state index contributed by atoms with van der Waals surface area (Å²) < 4.78 is 15.9. The summed E-state index contributed by atoms with van der Waals surface area (Å²) in [5, 5.41) is 2.93. The summed E-state index contributed by atoms with van der Waals surface area (Å²) >= 11 is 0. The van der Waals surface area contributed by atoms with Crippen molar-refractivity contribution in [3.05, 3.63) is 18.2 Å². The van der Waals surface area contributed by atoms with Gasteiger partial charge in [0.2, 0.25) is 11.8 Å². The second-order valence-corrected chi connectivity index (χ2v) is 6.35. The zero-order chi connectivity index (χ0) is 19.2. The molecule has 1 atom stereocenters. The summed E-state index contributed by atoms with van der Waals surface area (Å²) in [6, 6.07) is 5.21. The highest BCUT2D eigenvalue weighted by Crippen LogP contribution is 2.41.